The minimum Gasteiger partial charge on any atom is -0.367 e. The number of fused-ring (bicyclic) bond motifs is 1. The Morgan fingerprint density at radius 3 is 2.62 bits per heavy atom. The predicted molar refractivity (Wildman–Crippen MR) is 69.9 cm³/mol. The molecule has 0 aliphatic carbocycles. The van der Waals surface area contributed by atoms with Crippen LogP contribution in [0.15, 0.2) is 54.6 Å². The quantitative estimate of drug-likeness (QED) is 0.648. The van der Waals surface area contributed by atoms with Crippen LogP contribution in [0, 0.1) is 0 Å². The Morgan fingerprint density at radius 2 is 1.75 bits per heavy atom. The molecule has 0 amide bonds. The molecule has 0 bridgehead atoms. The van der Waals surface area contributed by atoms with Gasteiger partial charge in [-0.05, 0) is 17.9 Å². The molecule has 80 valence electrons. The van der Waals surface area contributed by atoms with Crippen molar-refractivity contribution in [1.82, 2.24) is 0 Å². The van der Waals surface area contributed by atoms with Crippen LogP contribution in [-0.2, 0) is 0 Å². The van der Waals surface area contributed by atoms with Crippen molar-refractivity contribution in [3.05, 3.63) is 54.6 Å². The summed E-state index contributed by atoms with van der Waals surface area (Å²) in [5.74, 6) is 0. The van der Waals surface area contributed by atoms with Gasteiger partial charge >= 0.3 is 0 Å². The summed E-state index contributed by atoms with van der Waals surface area (Å²) < 4.78 is 0. The minimum absolute atomic E-state index is 1.04. The molecule has 1 nitrogen and oxygen atoms in total. The van der Waals surface area contributed by atoms with Gasteiger partial charge in [0.1, 0.15) is 0 Å². The summed E-state index contributed by atoms with van der Waals surface area (Å²) in [5, 5.41) is 2.69. The minimum atomic E-state index is 1.04. The van der Waals surface area contributed by atoms with Crippen molar-refractivity contribution < 1.29 is 0 Å². The first-order valence-electron chi connectivity index (χ1n) is 5.83. The SMILES string of the molecule is C1=CCN(c2cccc3ccccc23)CC1. The van der Waals surface area contributed by atoms with Crippen LogP contribution in [0.1, 0.15) is 6.42 Å². The lowest BCUT2D eigenvalue weighted by Gasteiger charge is -2.26. The molecular weight excluding hydrogens is 194 g/mol. The van der Waals surface area contributed by atoms with Crippen molar-refractivity contribution >= 4 is 16.5 Å². The summed E-state index contributed by atoms with van der Waals surface area (Å²) in [6, 6.07) is 15.2. The maximum Gasteiger partial charge on any atom is 0.0448 e. The summed E-state index contributed by atoms with van der Waals surface area (Å²) >= 11 is 0. The summed E-state index contributed by atoms with van der Waals surface area (Å²) in [6.07, 6.45) is 5.68. The lowest BCUT2D eigenvalue weighted by molar-refractivity contribution is 0.824. The van der Waals surface area contributed by atoms with Crippen molar-refractivity contribution in [2.24, 2.45) is 0 Å². The van der Waals surface area contributed by atoms with Crippen LogP contribution >= 0.6 is 0 Å². The summed E-state index contributed by atoms with van der Waals surface area (Å²) in [6.45, 7) is 2.17. The first-order valence-corrected chi connectivity index (χ1v) is 5.83. The first kappa shape index (κ1) is 9.46. The Kier molecular flexibility index (Phi) is 2.37. The highest BCUT2D eigenvalue weighted by atomic mass is 15.1. The van der Waals surface area contributed by atoms with E-state index >= 15 is 0 Å². The van der Waals surface area contributed by atoms with E-state index in [-0.39, 0.29) is 0 Å². The molecule has 0 saturated heterocycles. The van der Waals surface area contributed by atoms with E-state index in [2.05, 4.69) is 59.5 Å². The second-order valence-corrected chi connectivity index (χ2v) is 4.20. The third-order valence-corrected chi connectivity index (χ3v) is 3.17. The van der Waals surface area contributed by atoms with E-state index in [0.717, 1.165) is 19.5 Å². The van der Waals surface area contributed by atoms with E-state index in [1.54, 1.807) is 0 Å². The van der Waals surface area contributed by atoms with Gasteiger partial charge in [-0.3, -0.25) is 0 Å². The highest BCUT2D eigenvalue weighted by Crippen LogP contribution is 2.27. The van der Waals surface area contributed by atoms with Gasteiger partial charge in [0.2, 0.25) is 0 Å². The Labute approximate surface area is 96.0 Å². The Hall–Kier alpha value is -1.76. The number of rotatable bonds is 1. The summed E-state index contributed by atoms with van der Waals surface area (Å²) in [5.41, 5.74) is 1.36. The first-order chi connectivity index (χ1) is 7.95. The molecule has 0 atom stereocenters. The molecule has 2 aromatic carbocycles. The molecule has 0 aromatic heterocycles. The maximum absolute atomic E-state index is 2.45. The molecule has 0 spiro atoms. The number of hydrogen-bond donors (Lipinski definition) is 0. The predicted octanol–water partition coefficient (Wildman–Crippen LogP) is 3.61. The van der Waals surface area contributed by atoms with E-state index in [4.69, 9.17) is 0 Å². The molecule has 1 heterocycles. The van der Waals surface area contributed by atoms with Gasteiger partial charge in [-0.1, -0.05) is 48.6 Å². The fourth-order valence-electron chi connectivity index (χ4n) is 2.34. The normalized spacial score (nSPS) is 15.6. The largest absolute Gasteiger partial charge is 0.367 e. The van der Waals surface area contributed by atoms with E-state index < -0.39 is 0 Å². The highest BCUT2D eigenvalue weighted by Gasteiger charge is 2.09. The Balaban J connectivity index is 2.12. The van der Waals surface area contributed by atoms with E-state index in [1.807, 2.05) is 0 Å². The third-order valence-electron chi connectivity index (χ3n) is 3.17. The van der Waals surface area contributed by atoms with E-state index in [9.17, 15) is 0 Å². The lowest BCUT2D eigenvalue weighted by atomic mass is 10.1. The Bertz CT molecular complexity index is 522. The fourth-order valence-corrected chi connectivity index (χ4v) is 2.34. The van der Waals surface area contributed by atoms with Crippen LogP contribution in [0.2, 0.25) is 0 Å². The molecule has 16 heavy (non-hydrogen) atoms. The number of nitrogens with zero attached hydrogens (tertiary/aromatic N) is 1. The highest BCUT2D eigenvalue weighted by molar-refractivity contribution is 5.94. The zero-order valence-corrected chi connectivity index (χ0v) is 9.26. The monoisotopic (exact) mass is 209 g/mol. The van der Waals surface area contributed by atoms with Crippen LogP contribution < -0.4 is 4.90 Å². The second-order valence-electron chi connectivity index (χ2n) is 4.20. The van der Waals surface area contributed by atoms with Gasteiger partial charge in [0.05, 0.1) is 0 Å². The van der Waals surface area contributed by atoms with Crippen molar-refractivity contribution in [3.8, 4) is 0 Å². The molecule has 0 fully saturated rings. The van der Waals surface area contributed by atoms with Crippen molar-refractivity contribution in [1.29, 1.82) is 0 Å². The van der Waals surface area contributed by atoms with Gasteiger partial charge in [-0.25, -0.2) is 0 Å². The summed E-state index contributed by atoms with van der Waals surface area (Å²) in [7, 11) is 0. The lowest BCUT2D eigenvalue weighted by Crippen LogP contribution is -2.26. The average Bonchev–Trinajstić information content (AvgIpc) is 2.39. The van der Waals surface area contributed by atoms with Crippen LogP contribution in [0.3, 0.4) is 0 Å². The fraction of sp³-hybridized carbons (Fsp3) is 0.200. The molecule has 2 aromatic rings. The van der Waals surface area contributed by atoms with Gasteiger partial charge in [0.15, 0.2) is 0 Å². The molecule has 0 saturated carbocycles. The zero-order valence-electron chi connectivity index (χ0n) is 9.26. The van der Waals surface area contributed by atoms with E-state index in [0.29, 0.717) is 0 Å². The second kappa shape index (κ2) is 4.01. The standard InChI is InChI=1S/C15H15N/c1-4-11-16(12-5-1)15-10-6-8-13-7-2-3-9-14(13)15/h1-4,6-10H,5,11-12H2. The van der Waals surface area contributed by atoms with Crippen molar-refractivity contribution in [3.63, 3.8) is 0 Å². The number of hydrogen-bond acceptors (Lipinski definition) is 1. The van der Waals surface area contributed by atoms with Gasteiger partial charge in [0.25, 0.3) is 0 Å². The van der Waals surface area contributed by atoms with Gasteiger partial charge < -0.3 is 4.90 Å². The van der Waals surface area contributed by atoms with Crippen LogP contribution in [0.25, 0.3) is 10.8 Å². The average molecular weight is 209 g/mol. The molecule has 1 heteroatoms. The molecule has 0 radical (unpaired) electrons. The molecule has 1 aliphatic rings. The van der Waals surface area contributed by atoms with Crippen molar-refractivity contribution in [2.75, 3.05) is 18.0 Å². The van der Waals surface area contributed by atoms with Crippen LogP contribution in [0.5, 0.6) is 0 Å². The molecule has 0 unspecified atom stereocenters. The summed E-state index contributed by atoms with van der Waals surface area (Å²) in [4.78, 5) is 2.45. The topological polar surface area (TPSA) is 3.24 Å². The maximum atomic E-state index is 2.45. The Morgan fingerprint density at radius 1 is 0.875 bits per heavy atom. The van der Waals surface area contributed by atoms with Crippen molar-refractivity contribution in [2.45, 2.75) is 6.42 Å². The zero-order chi connectivity index (χ0) is 10.8. The van der Waals surface area contributed by atoms with Crippen LogP contribution in [0.4, 0.5) is 5.69 Å². The third kappa shape index (κ3) is 1.58. The van der Waals surface area contributed by atoms with E-state index in [1.165, 1.54) is 16.5 Å². The van der Waals surface area contributed by atoms with Gasteiger partial charge in [-0.15, -0.1) is 0 Å². The molecule has 1 aliphatic heterocycles. The van der Waals surface area contributed by atoms with Gasteiger partial charge in [0, 0.05) is 24.2 Å². The molecular formula is C15H15N. The molecule has 0 N–H and O–H groups in total. The smallest absolute Gasteiger partial charge is 0.0448 e. The molecule has 3 rings (SSSR count). The number of anilines is 1. The number of benzene rings is 2. The van der Waals surface area contributed by atoms with Crippen LogP contribution in [-0.4, -0.2) is 13.1 Å². The van der Waals surface area contributed by atoms with Gasteiger partial charge in [-0.2, -0.15) is 0 Å².